The number of carbonyl (C=O) groups is 2. The van der Waals surface area contributed by atoms with Crippen molar-refractivity contribution in [3.63, 3.8) is 0 Å². The molecule has 1 aliphatic heterocycles. The first-order chi connectivity index (χ1) is 14.9. The second-order valence-corrected chi connectivity index (χ2v) is 9.47. The Balaban J connectivity index is 1.45. The summed E-state index contributed by atoms with van der Waals surface area (Å²) in [5, 5.41) is 5.51. The SMILES string of the molecule is NC(=O)c1cccc(CCNC(=O)NCc2ccc(S(=O)(=O)N3CCCCC3)cc2)c1. The number of primary amides is 1. The van der Waals surface area contributed by atoms with Gasteiger partial charge < -0.3 is 16.4 Å². The van der Waals surface area contributed by atoms with Gasteiger partial charge in [0, 0.05) is 31.7 Å². The van der Waals surface area contributed by atoms with Crippen molar-refractivity contribution in [2.45, 2.75) is 37.1 Å². The topological polar surface area (TPSA) is 122 Å². The molecule has 2 aromatic carbocycles. The van der Waals surface area contributed by atoms with Gasteiger partial charge in [-0.2, -0.15) is 4.31 Å². The fraction of sp³-hybridized carbons (Fsp3) is 0.364. The van der Waals surface area contributed by atoms with E-state index in [9.17, 15) is 18.0 Å². The average Bonchev–Trinajstić information content (AvgIpc) is 2.79. The van der Waals surface area contributed by atoms with Crippen LogP contribution >= 0.6 is 0 Å². The van der Waals surface area contributed by atoms with Crippen molar-refractivity contribution < 1.29 is 18.0 Å². The number of nitrogens with one attached hydrogen (secondary N) is 2. The highest BCUT2D eigenvalue weighted by Crippen LogP contribution is 2.20. The van der Waals surface area contributed by atoms with Gasteiger partial charge in [0.25, 0.3) is 0 Å². The molecule has 0 bridgehead atoms. The van der Waals surface area contributed by atoms with E-state index in [1.807, 2.05) is 6.07 Å². The molecular weight excluding hydrogens is 416 g/mol. The van der Waals surface area contributed by atoms with Gasteiger partial charge in [0.15, 0.2) is 0 Å². The van der Waals surface area contributed by atoms with Crippen molar-refractivity contribution in [3.05, 3.63) is 65.2 Å². The Morgan fingerprint density at radius 2 is 1.65 bits per heavy atom. The van der Waals surface area contributed by atoms with Crippen LogP contribution in [0, 0.1) is 0 Å². The van der Waals surface area contributed by atoms with Crippen LogP contribution < -0.4 is 16.4 Å². The highest BCUT2D eigenvalue weighted by atomic mass is 32.2. The third kappa shape index (κ3) is 6.28. The first-order valence-corrected chi connectivity index (χ1v) is 11.8. The quantitative estimate of drug-likeness (QED) is 0.576. The van der Waals surface area contributed by atoms with Crippen LogP contribution in [0.15, 0.2) is 53.4 Å². The Bertz CT molecular complexity index is 1020. The molecule has 3 rings (SSSR count). The van der Waals surface area contributed by atoms with Crippen LogP contribution in [0.3, 0.4) is 0 Å². The van der Waals surface area contributed by atoms with Crippen molar-refractivity contribution in [2.24, 2.45) is 5.73 Å². The molecule has 1 heterocycles. The molecule has 0 saturated carbocycles. The zero-order chi connectivity index (χ0) is 22.3. The van der Waals surface area contributed by atoms with Gasteiger partial charge >= 0.3 is 6.03 Å². The predicted molar refractivity (Wildman–Crippen MR) is 118 cm³/mol. The fourth-order valence-corrected chi connectivity index (χ4v) is 5.00. The normalized spacial score (nSPS) is 14.7. The number of nitrogens with two attached hydrogens (primary N) is 1. The molecule has 2 aromatic rings. The summed E-state index contributed by atoms with van der Waals surface area (Å²) in [7, 11) is -3.45. The first-order valence-electron chi connectivity index (χ1n) is 10.4. The summed E-state index contributed by atoms with van der Waals surface area (Å²) < 4.78 is 26.9. The molecule has 0 aromatic heterocycles. The molecule has 1 fully saturated rings. The lowest BCUT2D eigenvalue weighted by molar-refractivity contribution is 0.1000. The first kappa shape index (κ1) is 22.8. The molecule has 0 atom stereocenters. The molecule has 8 nitrogen and oxygen atoms in total. The Kier molecular flexibility index (Phi) is 7.64. The minimum atomic E-state index is -3.45. The molecule has 1 saturated heterocycles. The van der Waals surface area contributed by atoms with Crippen LogP contribution in [0.1, 0.15) is 40.7 Å². The van der Waals surface area contributed by atoms with Crippen molar-refractivity contribution in [1.29, 1.82) is 0 Å². The number of amides is 3. The van der Waals surface area contributed by atoms with Crippen LogP contribution in [-0.2, 0) is 23.0 Å². The minimum Gasteiger partial charge on any atom is -0.366 e. The Labute approximate surface area is 182 Å². The molecule has 0 radical (unpaired) electrons. The maximum Gasteiger partial charge on any atom is 0.315 e. The molecule has 3 amide bonds. The molecular formula is C22H28N4O4S. The second kappa shape index (κ2) is 10.4. The maximum atomic E-state index is 12.7. The van der Waals surface area contributed by atoms with Crippen molar-refractivity contribution >= 4 is 22.0 Å². The number of hydrogen-bond acceptors (Lipinski definition) is 4. The van der Waals surface area contributed by atoms with Gasteiger partial charge in [0.05, 0.1) is 4.90 Å². The van der Waals surface area contributed by atoms with Crippen LogP contribution in [0.5, 0.6) is 0 Å². The third-order valence-electron chi connectivity index (χ3n) is 5.24. The van der Waals surface area contributed by atoms with Gasteiger partial charge in [-0.25, -0.2) is 13.2 Å². The average molecular weight is 445 g/mol. The Hall–Kier alpha value is -2.91. The Morgan fingerprint density at radius 3 is 2.32 bits per heavy atom. The van der Waals surface area contributed by atoms with Gasteiger partial charge in [-0.1, -0.05) is 30.7 Å². The number of urea groups is 1. The number of nitrogens with zero attached hydrogens (tertiary/aromatic N) is 1. The molecule has 166 valence electrons. The summed E-state index contributed by atoms with van der Waals surface area (Å²) >= 11 is 0. The van der Waals surface area contributed by atoms with Gasteiger partial charge in [-0.05, 0) is 54.7 Å². The maximum absolute atomic E-state index is 12.7. The molecule has 4 N–H and O–H groups in total. The lowest BCUT2D eigenvalue weighted by Crippen LogP contribution is -2.36. The summed E-state index contributed by atoms with van der Waals surface area (Å²) in [5.74, 6) is -0.484. The van der Waals surface area contributed by atoms with E-state index in [1.165, 1.54) is 4.31 Å². The van der Waals surface area contributed by atoms with E-state index in [1.54, 1.807) is 42.5 Å². The van der Waals surface area contributed by atoms with E-state index in [-0.39, 0.29) is 17.5 Å². The summed E-state index contributed by atoms with van der Waals surface area (Å²) in [4.78, 5) is 23.5. The standard InChI is InChI=1S/C22H28N4O4S/c23-21(27)19-6-4-5-17(15-19)11-12-24-22(28)25-16-18-7-9-20(10-8-18)31(29,30)26-13-2-1-3-14-26/h4-10,15H,1-3,11-14,16H2,(H2,23,27)(H2,24,25,28). The van der Waals surface area contributed by atoms with E-state index in [0.29, 0.717) is 31.6 Å². The lowest BCUT2D eigenvalue weighted by atomic mass is 10.1. The van der Waals surface area contributed by atoms with E-state index in [4.69, 9.17) is 5.73 Å². The van der Waals surface area contributed by atoms with Crippen LogP contribution in [0.25, 0.3) is 0 Å². The van der Waals surface area contributed by atoms with Gasteiger partial charge in [-0.15, -0.1) is 0 Å². The largest absolute Gasteiger partial charge is 0.366 e. The van der Waals surface area contributed by atoms with Gasteiger partial charge in [0.2, 0.25) is 15.9 Å². The van der Waals surface area contributed by atoms with Crippen LogP contribution in [0.4, 0.5) is 4.79 Å². The van der Waals surface area contributed by atoms with Crippen molar-refractivity contribution in [1.82, 2.24) is 14.9 Å². The van der Waals surface area contributed by atoms with Gasteiger partial charge in [-0.3, -0.25) is 4.79 Å². The van der Waals surface area contributed by atoms with Crippen LogP contribution in [0.2, 0.25) is 0 Å². The number of sulfonamides is 1. The van der Waals surface area contributed by atoms with Crippen molar-refractivity contribution in [2.75, 3.05) is 19.6 Å². The number of hydrogen-bond donors (Lipinski definition) is 3. The second-order valence-electron chi connectivity index (χ2n) is 7.53. The minimum absolute atomic E-state index is 0.279. The molecule has 0 aliphatic carbocycles. The van der Waals surface area contributed by atoms with Gasteiger partial charge in [0.1, 0.15) is 0 Å². The number of piperidine rings is 1. The molecule has 9 heteroatoms. The monoisotopic (exact) mass is 444 g/mol. The molecule has 0 unspecified atom stereocenters. The number of benzene rings is 2. The highest BCUT2D eigenvalue weighted by molar-refractivity contribution is 7.89. The van der Waals surface area contributed by atoms with E-state index in [0.717, 1.165) is 30.4 Å². The van der Waals surface area contributed by atoms with Crippen molar-refractivity contribution in [3.8, 4) is 0 Å². The summed E-state index contributed by atoms with van der Waals surface area (Å²) in [5.41, 5.74) is 7.42. The lowest BCUT2D eigenvalue weighted by Gasteiger charge is -2.25. The van der Waals surface area contributed by atoms with E-state index >= 15 is 0 Å². The molecule has 1 aliphatic rings. The van der Waals surface area contributed by atoms with E-state index in [2.05, 4.69) is 10.6 Å². The van der Waals surface area contributed by atoms with Crippen LogP contribution in [-0.4, -0.2) is 44.3 Å². The smallest absolute Gasteiger partial charge is 0.315 e. The zero-order valence-electron chi connectivity index (χ0n) is 17.3. The molecule has 0 spiro atoms. The summed E-state index contributed by atoms with van der Waals surface area (Å²) in [6.07, 6.45) is 3.43. The molecule has 31 heavy (non-hydrogen) atoms. The number of rotatable bonds is 8. The summed E-state index contributed by atoms with van der Waals surface area (Å²) in [6.45, 7) is 1.82. The highest BCUT2D eigenvalue weighted by Gasteiger charge is 2.25. The third-order valence-corrected chi connectivity index (χ3v) is 7.15. The zero-order valence-corrected chi connectivity index (χ0v) is 18.2. The summed E-state index contributed by atoms with van der Waals surface area (Å²) in [6, 6.07) is 13.3. The van der Waals surface area contributed by atoms with E-state index < -0.39 is 15.9 Å². The predicted octanol–water partition coefficient (Wildman–Crippen LogP) is 2.00. The Morgan fingerprint density at radius 1 is 0.935 bits per heavy atom. The fourth-order valence-electron chi connectivity index (χ4n) is 3.48. The number of carbonyl (C=O) groups excluding carboxylic acids is 2.